The molecule has 1 aromatic heterocycles. The normalized spacial score (nSPS) is 14.7. The van der Waals surface area contributed by atoms with E-state index in [1.807, 2.05) is 48.5 Å². The van der Waals surface area contributed by atoms with Crippen molar-refractivity contribution < 1.29 is 23.7 Å². The minimum absolute atomic E-state index is 0.205. The average Bonchev–Trinajstić information content (AvgIpc) is 3.30. The summed E-state index contributed by atoms with van der Waals surface area (Å²) in [6.07, 6.45) is 1.78. The fourth-order valence-corrected chi connectivity index (χ4v) is 5.85. The van der Waals surface area contributed by atoms with Gasteiger partial charge in [-0.25, -0.2) is 9.79 Å². The molecule has 1 aliphatic heterocycles. The fraction of sp³-hybridized carbons (Fsp3) is 0.219. The van der Waals surface area contributed by atoms with Gasteiger partial charge in [-0.2, -0.15) is 0 Å². The van der Waals surface area contributed by atoms with Gasteiger partial charge in [-0.15, -0.1) is 0 Å². The molecule has 0 N–H and O–H groups in total. The molecule has 2 heterocycles. The van der Waals surface area contributed by atoms with Crippen molar-refractivity contribution in [3.63, 3.8) is 0 Å². The highest BCUT2D eigenvalue weighted by molar-refractivity contribution is 7.07. The number of carbonyl (C=O) groups is 1. The second-order valence-electron chi connectivity index (χ2n) is 9.40. The van der Waals surface area contributed by atoms with Gasteiger partial charge in [0.05, 0.1) is 42.7 Å². The number of carbonyl (C=O) groups excluding carboxylic acids is 1. The molecule has 0 aliphatic carbocycles. The predicted octanol–water partition coefficient (Wildman–Crippen LogP) is 5.05. The Hall–Kier alpha value is -4.34. The number of thiazole rings is 1. The minimum atomic E-state index is -0.702. The molecule has 10 heteroatoms. The van der Waals surface area contributed by atoms with Crippen LogP contribution in [0.4, 0.5) is 0 Å². The van der Waals surface area contributed by atoms with Crippen molar-refractivity contribution in [3.05, 3.63) is 119 Å². The molecule has 3 aromatic carbocycles. The first kappa shape index (κ1) is 29.2. The number of aromatic nitrogens is 1. The Morgan fingerprint density at radius 1 is 1.02 bits per heavy atom. The number of esters is 1. The van der Waals surface area contributed by atoms with E-state index in [0.29, 0.717) is 49.5 Å². The lowest BCUT2D eigenvalue weighted by molar-refractivity contribution is -0.139. The van der Waals surface area contributed by atoms with Crippen LogP contribution in [0.5, 0.6) is 17.2 Å². The van der Waals surface area contributed by atoms with E-state index >= 15 is 0 Å². The second-order valence-corrected chi connectivity index (χ2v) is 10.8. The summed E-state index contributed by atoms with van der Waals surface area (Å²) in [5.41, 5.74) is 3.02. The zero-order valence-electron chi connectivity index (χ0n) is 23.5. The lowest BCUT2D eigenvalue weighted by Crippen LogP contribution is -2.39. The second kappa shape index (κ2) is 12.7. The van der Waals surface area contributed by atoms with Gasteiger partial charge in [-0.1, -0.05) is 53.3 Å². The Labute approximate surface area is 251 Å². The maximum atomic E-state index is 13.9. The highest BCUT2D eigenvalue weighted by atomic mass is 35.5. The molecule has 216 valence electrons. The van der Waals surface area contributed by atoms with Crippen molar-refractivity contribution in [3.8, 4) is 17.2 Å². The number of ether oxygens (including phenoxy) is 4. The summed E-state index contributed by atoms with van der Waals surface area (Å²) in [7, 11) is 3.15. The van der Waals surface area contributed by atoms with Gasteiger partial charge in [0.25, 0.3) is 5.56 Å². The molecule has 5 rings (SSSR count). The van der Waals surface area contributed by atoms with Gasteiger partial charge in [0.15, 0.2) is 16.3 Å². The zero-order chi connectivity index (χ0) is 29.8. The highest BCUT2D eigenvalue weighted by Gasteiger charge is 2.33. The van der Waals surface area contributed by atoms with Crippen LogP contribution in [0.1, 0.15) is 36.6 Å². The third kappa shape index (κ3) is 5.98. The van der Waals surface area contributed by atoms with Crippen molar-refractivity contribution in [2.24, 2.45) is 4.99 Å². The van der Waals surface area contributed by atoms with E-state index in [0.717, 1.165) is 16.7 Å². The number of halogens is 1. The van der Waals surface area contributed by atoms with Gasteiger partial charge in [0, 0.05) is 5.02 Å². The van der Waals surface area contributed by atoms with E-state index in [4.69, 9.17) is 30.5 Å². The van der Waals surface area contributed by atoms with Crippen molar-refractivity contribution in [2.45, 2.75) is 26.5 Å². The Balaban J connectivity index is 1.53. The quantitative estimate of drug-likeness (QED) is 0.249. The smallest absolute Gasteiger partial charge is 0.338 e. The molecule has 0 fully saturated rings. The van der Waals surface area contributed by atoms with Gasteiger partial charge >= 0.3 is 5.97 Å². The van der Waals surface area contributed by atoms with Crippen LogP contribution in [0.15, 0.2) is 87.8 Å². The number of allylic oxidation sites excluding steroid dienone is 1. The maximum Gasteiger partial charge on any atom is 0.338 e. The van der Waals surface area contributed by atoms with Gasteiger partial charge < -0.3 is 18.9 Å². The Bertz CT molecular complexity index is 1820. The van der Waals surface area contributed by atoms with Crippen LogP contribution in [-0.2, 0) is 16.1 Å². The van der Waals surface area contributed by atoms with Crippen LogP contribution < -0.4 is 29.1 Å². The first-order valence-electron chi connectivity index (χ1n) is 13.2. The number of nitrogens with zero attached hydrogens (tertiary/aromatic N) is 2. The van der Waals surface area contributed by atoms with E-state index in [1.165, 1.54) is 11.3 Å². The number of rotatable bonds is 9. The molecule has 8 nitrogen and oxygen atoms in total. The van der Waals surface area contributed by atoms with E-state index in [-0.39, 0.29) is 12.2 Å². The lowest BCUT2D eigenvalue weighted by atomic mass is 9.96. The molecular formula is C32H29ClN2O6S. The highest BCUT2D eigenvalue weighted by Crippen LogP contribution is 2.32. The van der Waals surface area contributed by atoms with Gasteiger partial charge in [-0.3, -0.25) is 9.36 Å². The molecule has 1 aliphatic rings. The topological polar surface area (TPSA) is 88.4 Å². The number of fused-ring (bicyclic) bond motifs is 1. The van der Waals surface area contributed by atoms with Gasteiger partial charge in [-0.05, 0) is 73.0 Å². The number of hydrogen-bond donors (Lipinski definition) is 0. The summed E-state index contributed by atoms with van der Waals surface area (Å²) >= 11 is 7.23. The van der Waals surface area contributed by atoms with E-state index in [9.17, 15) is 9.59 Å². The Kier molecular flexibility index (Phi) is 8.80. The van der Waals surface area contributed by atoms with E-state index < -0.39 is 12.0 Å². The molecule has 0 amide bonds. The van der Waals surface area contributed by atoms with Crippen LogP contribution in [0.2, 0.25) is 5.02 Å². The summed E-state index contributed by atoms with van der Waals surface area (Å²) in [6, 6.07) is 19.5. The molecule has 1 unspecified atom stereocenters. The molecule has 0 saturated heterocycles. The van der Waals surface area contributed by atoms with Gasteiger partial charge in [0.2, 0.25) is 0 Å². The summed E-state index contributed by atoms with van der Waals surface area (Å²) in [6.45, 7) is 4.05. The number of methoxy groups -OCH3 is 2. The molecule has 0 bridgehead atoms. The van der Waals surface area contributed by atoms with Crippen LogP contribution in [0.25, 0.3) is 6.08 Å². The predicted molar refractivity (Wildman–Crippen MR) is 162 cm³/mol. The summed E-state index contributed by atoms with van der Waals surface area (Å²) in [4.78, 5) is 32.1. The number of hydrogen-bond acceptors (Lipinski definition) is 8. The van der Waals surface area contributed by atoms with Crippen molar-refractivity contribution >= 4 is 35.0 Å². The molecule has 0 saturated carbocycles. The minimum Gasteiger partial charge on any atom is -0.497 e. The van der Waals surface area contributed by atoms with Crippen molar-refractivity contribution in [1.29, 1.82) is 0 Å². The van der Waals surface area contributed by atoms with E-state index in [2.05, 4.69) is 4.99 Å². The molecule has 42 heavy (non-hydrogen) atoms. The summed E-state index contributed by atoms with van der Waals surface area (Å²) in [5, 5.41) is 0.661. The largest absolute Gasteiger partial charge is 0.497 e. The third-order valence-electron chi connectivity index (χ3n) is 6.74. The monoisotopic (exact) mass is 604 g/mol. The fourth-order valence-electron chi connectivity index (χ4n) is 4.68. The van der Waals surface area contributed by atoms with Crippen molar-refractivity contribution in [2.75, 3.05) is 20.8 Å². The summed E-state index contributed by atoms with van der Waals surface area (Å²) in [5.74, 6) is 1.26. The lowest BCUT2D eigenvalue weighted by Gasteiger charge is -2.24. The zero-order valence-corrected chi connectivity index (χ0v) is 25.1. The Morgan fingerprint density at radius 2 is 1.76 bits per heavy atom. The molecule has 0 spiro atoms. The summed E-state index contributed by atoms with van der Waals surface area (Å²) < 4.78 is 24.2. The van der Waals surface area contributed by atoms with Crippen LogP contribution in [0.3, 0.4) is 0 Å². The SMILES string of the molecule is CCOC(=O)C1=C(C)N=c2s/c(=C\c3ccc(OCc4ccc(Cl)cc4)c(OC)c3)c(=O)n2C1c1ccc(OC)cc1. The van der Waals surface area contributed by atoms with Crippen LogP contribution in [0, 0.1) is 0 Å². The maximum absolute atomic E-state index is 13.9. The first-order chi connectivity index (χ1) is 20.3. The number of benzene rings is 3. The third-order valence-corrected chi connectivity index (χ3v) is 7.98. The van der Waals surface area contributed by atoms with Gasteiger partial charge in [0.1, 0.15) is 12.4 Å². The molecular weight excluding hydrogens is 576 g/mol. The molecule has 0 radical (unpaired) electrons. The Morgan fingerprint density at radius 3 is 2.43 bits per heavy atom. The van der Waals surface area contributed by atoms with E-state index in [1.54, 1.807) is 56.9 Å². The van der Waals surface area contributed by atoms with Crippen molar-refractivity contribution in [1.82, 2.24) is 4.57 Å². The first-order valence-corrected chi connectivity index (χ1v) is 14.4. The van der Waals surface area contributed by atoms with Crippen LogP contribution in [-0.4, -0.2) is 31.4 Å². The standard InChI is InChI=1S/C32H29ClN2O6S/c1-5-40-31(37)28-19(2)34-32-35(29(28)22-9-13-24(38-3)14-10-22)30(36)27(42-32)17-21-8-15-25(26(16-21)39-4)41-18-20-6-11-23(33)12-7-20/h6-17,29H,5,18H2,1-4H3/b27-17-. The average molecular weight is 605 g/mol. The molecule has 4 aromatic rings. The van der Waals surface area contributed by atoms with Crippen LogP contribution >= 0.6 is 22.9 Å². The molecule has 1 atom stereocenters.